The molecule has 2 aromatic heterocycles. The van der Waals surface area contributed by atoms with Crippen LogP contribution in [0.4, 0.5) is 0 Å². The van der Waals surface area contributed by atoms with Crippen molar-refractivity contribution >= 4 is 16.3 Å². The van der Waals surface area contributed by atoms with E-state index in [2.05, 4.69) is 43.5 Å². The first-order chi connectivity index (χ1) is 10.1. The minimum Gasteiger partial charge on any atom is -0.294 e. The minimum atomic E-state index is 1.13. The van der Waals surface area contributed by atoms with Gasteiger partial charge in [0.25, 0.3) is 0 Å². The topological polar surface area (TPSA) is 17.3 Å². The van der Waals surface area contributed by atoms with Gasteiger partial charge in [0.05, 0.1) is 5.69 Å². The SMILES string of the molecule is Cc1cc(C)c(-c2cn3c4c(sc3n2)CCCC4)c(C)c1. The number of nitrogens with zero attached hydrogens (tertiary/aromatic N) is 2. The summed E-state index contributed by atoms with van der Waals surface area (Å²) in [6.45, 7) is 6.54. The summed E-state index contributed by atoms with van der Waals surface area (Å²) in [6.07, 6.45) is 7.34. The summed E-state index contributed by atoms with van der Waals surface area (Å²) in [7, 11) is 0. The first-order valence-corrected chi connectivity index (χ1v) is 8.53. The van der Waals surface area contributed by atoms with Gasteiger partial charge in [-0.3, -0.25) is 4.40 Å². The molecule has 0 atom stereocenters. The predicted molar refractivity (Wildman–Crippen MR) is 89.4 cm³/mol. The number of imidazole rings is 1. The number of rotatable bonds is 1. The molecule has 2 heterocycles. The van der Waals surface area contributed by atoms with Crippen molar-refractivity contribution in [3.8, 4) is 11.3 Å². The molecule has 0 unspecified atom stereocenters. The van der Waals surface area contributed by atoms with Gasteiger partial charge < -0.3 is 0 Å². The van der Waals surface area contributed by atoms with E-state index in [1.807, 2.05) is 11.3 Å². The summed E-state index contributed by atoms with van der Waals surface area (Å²) < 4.78 is 2.34. The summed E-state index contributed by atoms with van der Waals surface area (Å²) in [5.74, 6) is 0. The van der Waals surface area contributed by atoms with E-state index < -0.39 is 0 Å². The number of thiazole rings is 1. The van der Waals surface area contributed by atoms with E-state index in [1.54, 1.807) is 4.88 Å². The first-order valence-electron chi connectivity index (χ1n) is 7.71. The molecular weight excluding hydrogens is 276 g/mol. The van der Waals surface area contributed by atoms with E-state index in [1.165, 1.54) is 53.6 Å². The summed E-state index contributed by atoms with van der Waals surface area (Å²) in [5, 5.41) is 0. The van der Waals surface area contributed by atoms with Crippen LogP contribution >= 0.6 is 11.3 Å². The molecule has 21 heavy (non-hydrogen) atoms. The molecule has 3 heteroatoms. The van der Waals surface area contributed by atoms with Gasteiger partial charge in [-0.1, -0.05) is 17.7 Å². The lowest BCUT2D eigenvalue weighted by molar-refractivity contribution is 0.674. The zero-order valence-electron chi connectivity index (χ0n) is 12.9. The van der Waals surface area contributed by atoms with E-state index in [0.717, 1.165) is 10.7 Å². The van der Waals surface area contributed by atoms with Crippen LogP contribution in [0.3, 0.4) is 0 Å². The fourth-order valence-electron chi connectivity index (χ4n) is 3.67. The molecule has 2 nitrogen and oxygen atoms in total. The molecule has 0 N–H and O–H groups in total. The van der Waals surface area contributed by atoms with Crippen molar-refractivity contribution in [2.75, 3.05) is 0 Å². The Morgan fingerprint density at radius 2 is 1.76 bits per heavy atom. The van der Waals surface area contributed by atoms with E-state index in [-0.39, 0.29) is 0 Å². The Bertz CT molecular complexity index is 815. The molecule has 1 aromatic carbocycles. The lowest BCUT2D eigenvalue weighted by atomic mass is 9.98. The summed E-state index contributed by atoms with van der Waals surface area (Å²) >= 11 is 1.88. The number of hydrogen-bond donors (Lipinski definition) is 0. The molecule has 0 fully saturated rings. The Kier molecular flexibility index (Phi) is 2.93. The van der Waals surface area contributed by atoms with E-state index >= 15 is 0 Å². The standard InChI is InChI=1S/C18H20N2S/c1-11-8-12(2)17(13(3)9-11)14-10-20-15-6-4-5-7-16(15)21-18(20)19-14/h8-10H,4-7H2,1-3H3. The quantitative estimate of drug-likeness (QED) is 0.626. The van der Waals surface area contributed by atoms with Gasteiger partial charge in [-0.2, -0.15) is 0 Å². The summed E-state index contributed by atoms with van der Waals surface area (Å²) in [5.41, 5.74) is 7.92. The molecule has 0 amide bonds. The van der Waals surface area contributed by atoms with Crippen molar-refractivity contribution in [2.24, 2.45) is 0 Å². The second kappa shape index (κ2) is 4.70. The third-order valence-corrected chi connectivity index (χ3v) is 5.66. The van der Waals surface area contributed by atoms with E-state index in [4.69, 9.17) is 4.98 Å². The van der Waals surface area contributed by atoms with Crippen molar-refractivity contribution in [1.29, 1.82) is 0 Å². The smallest absolute Gasteiger partial charge is 0.194 e. The van der Waals surface area contributed by atoms with E-state index in [9.17, 15) is 0 Å². The molecule has 108 valence electrons. The van der Waals surface area contributed by atoms with Gasteiger partial charge in [0, 0.05) is 22.3 Å². The largest absolute Gasteiger partial charge is 0.294 e. The third-order valence-electron chi connectivity index (χ3n) is 4.50. The molecule has 1 aliphatic rings. The molecule has 0 spiro atoms. The van der Waals surface area contributed by atoms with Gasteiger partial charge in [-0.15, -0.1) is 11.3 Å². The van der Waals surface area contributed by atoms with Crippen molar-refractivity contribution in [1.82, 2.24) is 9.38 Å². The lowest BCUT2D eigenvalue weighted by Crippen LogP contribution is -2.01. The highest BCUT2D eigenvalue weighted by Crippen LogP contribution is 2.34. The Hall–Kier alpha value is -1.61. The Balaban J connectivity index is 1.90. The highest BCUT2D eigenvalue weighted by molar-refractivity contribution is 7.17. The predicted octanol–water partition coefficient (Wildman–Crippen LogP) is 4.87. The second-order valence-electron chi connectivity index (χ2n) is 6.23. The van der Waals surface area contributed by atoms with Crippen LogP contribution in [0.25, 0.3) is 16.2 Å². The van der Waals surface area contributed by atoms with Crippen LogP contribution in [0.2, 0.25) is 0 Å². The number of fused-ring (bicyclic) bond motifs is 3. The molecule has 0 bridgehead atoms. The fourth-order valence-corrected chi connectivity index (χ4v) is 4.86. The zero-order valence-corrected chi connectivity index (χ0v) is 13.7. The Labute approximate surface area is 129 Å². The Morgan fingerprint density at radius 1 is 1.05 bits per heavy atom. The maximum atomic E-state index is 4.92. The molecule has 0 saturated heterocycles. The van der Waals surface area contributed by atoms with Gasteiger partial charge in [0.15, 0.2) is 4.96 Å². The normalized spacial score (nSPS) is 14.6. The van der Waals surface area contributed by atoms with Crippen LogP contribution < -0.4 is 0 Å². The van der Waals surface area contributed by atoms with Crippen LogP contribution in [0.1, 0.15) is 40.1 Å². The van der Waals surface area contributed by atoms with Gasteiger partial charge in [0.2, 0.25) is 0 Å². The number of benzene rings is 1. The monoisotopic (exact) mass is 296 g/mol. The fraction of sp³-hybridized carbons (Fsp3) is 0.389. The van der Waals surface area contributed by atoms with Crippen molar-refractivity contribution in [3.05, 3.63) is 45.6 Å². The molecule has 0 radical (unpaired) electrons. The van der Waals surface area contributed by atoms with Gasteiger partial charge in [-0.25, -0.2) is 4.98 Å². The van der Waals surface area contributed by atoms with Crippen LogP contribution in [-0.2, 0) is 12.8 Å². The van der Waals surface area contributed by atoms with Crippen LogP contribution in [0.15, 0.2) is 18.3 Å². The van der Waals surface area contributed by atoms with Crippen LogP contribution in [0, 0.1) is 20.8 Å². The van der Waals surface area contributed by atoms with E-state index in [0.29, 0.717) is 0 Å². The van der Waals surface area contributed by atoms with Crippen molar-refractivity contribution in [3.63, 3.8) is 0 Å². The first kappa shape index (κ1) is 13.1. The Morgan fingerprint density at radius 3 is 2.52 bits per heavy atom. The molecule has 0 saturated carbocycles. The molecule has 0 aliphatic heterocycles. The minimum absolute atomic E-state index is 1.13. The number of aromatic nitrogens is 2. The van der Waals surface area contributed by atoms with Crippen molar-refractivity contribution < 1.29 is 0 Å². The summed E-state index contributed by atoms with van der Waals surface area (Å²) in [4.78, 5) is 7.63. The molecule has 4 rings (SSSR count). The molecular formula is C18H20N2S. The van der Waals surface area contributed by atoms with Crippen molar-refractivity contribution in [2.45, 2.75) is 46.5 Å². The zero-order chi connectivity index (χ0) is 14.6. The van der Waals surface area contributed by atoms with Gasteiger partial charge in [0.1, 0.15) is 0 Å². The number of hydrogen-bond acceptors (Lipinski definition) is 2. The van der Waals surface area contributed by atoms with Crippen LogP contribution in [-0.4, -0.2) is 9.38 Å². The van der Waals surface area contributed by atoms with Gasteiger partial charge in [-0.05, 0) is 57.6 Å². The van der Waals surface area contributed by atoms with Crippen LogP contribution in [0.5, 0.6) is 0 Å². The lowest BCUT2D eigenvalue weighted by Gasteiger charge is -2.11. The van der Waals surface area contributed by atoms with Gasteiger partial charge >= 0.3 is 0 Å². The highest BCUT2D eigenvalue weighted by Gasteiger charge is 2.19. The second-order valence-corrected chi connectivity index (χ2v) is 7.29. The maximum Gasteiger partial charge on any atom is 0.194 e. The third kappa shape index (κ3) is 2.03. The maximum absolute atomic E-state index is 4.92. The average molecular weight is 296 g/mol. The number of aryl methyl sites for hydroxylation is 5. The molecule has 3 aromatic rings. The summed E-state index contributed by atoms with van der Waals surface area (Å²) in [6, 6.07) is 4.51. The highest BCUT2D eigenvalue weighted by atomic mass is 32.1. The average Bonchev–Trinajstić information content (AvgIpc) is 2.94. The molecule has 1 aliphatic carbocycles.